The number of fused-ring (bicyclic) bond motifs is 4. The van der Waals surface area contributed by atoms with Crippen molar-refractivity contribution in [3.8, 4) is 0 Å². The van der Waals surface area contributed by atoms with E-state index in [0.29, 0.717) is 34.9 Å². The second-order valence-corrected chi connectivity index (χ2v) is 21.1. The Morgan fingerprint density at radius 2 is 1.28 bits per heavy atom. The van der Waals surface area contributed by atoms with Gasteiger partial charge in [0.2, 0.25) is 0 Å². The topological polar surface area (TPSA) is 17.1 Å². The lowest BCUT2D eigenvalue weighted by Crippen LogP contribution is -2.68. The summed E-state index contributed by atoms with van der Waals surface area (Å²) in [6.45, 7) is 22.8. The molecule has 0 heterocycles. The van der Waals surface area contributed by atoms with Gasteiger partial charge >= 0.3 is 0 Å². The van der Waals surface area contributed by atoms with E-state index in [1.807, 2.05) is 0 Å². The smallest absolute Gasteiger partial charge is 0.143 e. The van der Waals surface area contributed by atoms with Crippen molar-refractivity contribution >= 4 is 5.78 Å². The summed E-state index contributed by atoms with van der Waals surface area (Å²) in [6.07, 6.45) is 25.5. The molecule has 7 fully saturated rings. The molecule has 46 heavy (non-hydrogen) atoms. The molecule has 1 heteroatoms. The van der Waals surface area contributed by atoms with Crippen LogP contribution in [-0.4, -0.2) is 5.78 Å². The fraction of sp³-hybridized carbons (Fsp3) is 0.978. The summed E-state index contributed by atoms with van der Waals surface area (Å²) in [7, 11) is 0. The van der Waals surface area contributed by atoms with Gasteiger partial charge in [0.05, 0.1) is 0 Å². The molecule has 7 aliphatic carbocycles. The van der Waals surface area contributed by atoms with E-state index in [0.717, 1.165) is 59.2 Å². The third-order valence-corrected chi connectivity index (χ3v) is 18.6. The third kappa shape index (κ3) is 5.20. The first-order chi connectivity index (χ1) is 21.8. The highest BCUT2D eigenvalue weighted by atomic mass is 16.1. The van der Waals surface area contributed by atoms with Crippen LogP contribution >= 0.6 is 0 Å². The molecule has 7 aliphatic rings. The molecule has 0 spiro atoms. The Hall–Kier alpha value is -0.330. The maximum absolute atomic E-state index is 14.7. The summed E-state index contributed by atoms with van der Waals surface area (Å²) in [6, 6.07) is 0. The highest BCUT2D eigenvalue weighted by Crippen LogP contribution is 2.74. The maximum atomic E-state index is 14.7. The van der Waals surface area contributed by atoms with Gasteiger partial charge in [0.25, 0.3) is 0 Å². The fourth-order valence-corrected chi connectivity index (χ4v) is 17.1. The van der Waals surface area contributed by atoms with E-state index in [-0.39, 0.29) is 16.7 Å². The molecule has 1 nitrogen and oxygen atoms in total. The molecule has 0 N–H and O–H groups in total. The van der Waals surface area contributed by atoms with Gasteiger partial charge in [-0.05, 0) is 151 Å². The Bertz CT molecular complexity index is 1100. The van der Waals surface area contributed by atoms with Gasteiger partial charge in [-0.15, -0.1) is 0 Å². The molecule has 262 valence electrons. The minimum atomic E-state index is -0.178. The van der Waals surface area contributed by atoms with Crippen molar-refractivity contribution in [1.29, 1.82) is 0 Å². The first kappa shape index (κ1) is 34.1. The molecule has 7 rings (SSSR count). The van der Waals surface area contributed by atoms with Crippen LogP contribution in [0.1, 0.15) is 171 Å². The molecule has 0 aromatic heterocycles. The Morgan fingerprint density at radius 3 is 1.98 bits per heavy atom. The highest BCUT2D eigenvalue weighted by Gasteiger charge is 2.70. The molecule has 0 bridgehead atoms. The van der Waals surface area contributed by atoms with E-state index in [2.05, 4.69) is 62.3 Å². The predicted octanol–water partition coefficient (Wildman–Crippen LogP) is 12.7. The second-order valence-electron chi connectivity index (χ2n) is 21.1. The van der Waals surface area contributed by atoms with Crippen molar-refractivity contribution < 1.29 is 4.79 Å². The van der Waals surface area contributed by atoms with E-state index in [1.54, 1.807) is 32.1 Å². The van der Waals surface area contributed by atoms with Crippen LogP contribution in [0.4, 0.5) is 0 Å². The van der Waals surface area contributed by atoms with Gasteiger partial charge in [-0.2, -0.15) is 0 Å². The normalized spacial score (nSPS) is 54.8. The fourth-order valence-electron chi connectivity index (χ4n) is 17.1. The maximum Gasteiger partial charge on any atom is 0.143 e. The van der Waals surface area contributed by atoms with Gasteiger partial charge in [-0.1, -0.05) is 114 Å². The van der Waals surface area contributed by atoms with Crippen LogP contribution in [0.25, 0.3) is 0 Å². The third-order valence-electron chi connectivity index (χ3n) is 18.6. The number of carbonyl (C=O) groups is 1. The van der Waals surface area contributed by atoms with Gasteiger partial charge in [0, 0.05) is 11.3 Å². The Morgan fingerprint density at radius 1 is 0.674 bits per heavy atom. The molecule has 16 unspecified atom stereocenters. The monoisotopic (exact) mass is 633 g/mol. The summed E-state index contributed by atoms with van der Waals surface area (Å²) in [5.74, 6) is 12.6. The second kappa shape index (κ2) is 12.5. The minimum absolute atomic E-state index is 0.132. The van der Waals surface area contributed by atoms with Crippen molar-refractivity contribution in [2.75, 3.05) is 0 Å². The number of carbonyl (C=O) groups excluding carboxylic acids is 1. The Balaban J connectivity index is 1.17. The van der Waals surface area contributed by atoms with Crippen LogP contribution < -0.4 is 0 Å². The summed E-state index contributed by atoms with van der Waals surface area (Å²) in [5.41, 5.74) is 0.328. The van der Waals surface area contributed by atoms with Crippen LogP contribution in [0, 0.1) is 105 Å². The molecule has 7 saturated carbocycles. The number of ketones is 1. The van der Waals surface area contributed by atoms with E-state index < -0.39 is 0 Å². The molecule has 0 radical (unpaired) electrons. The van der Waals surface area contributed by atoms with Crippen molar-refractivity contribution in [2.45, 2.75) is 171 Å². The number of hydrogen-bond donors (Lipinski definition) is 0. The standard InChI is InChI=1S/C45H76O/c1-27(2)39-29(4)24-44(8)26-43(7)25-38-37(21-19-28(3)40(38)30(5)41(43)31(6)45(44,9)42(39)46)36-22-20-33(23-32-15-11-10-12-16-32)34-17-13-14-18-35(34)36/h27-41H,10-26H2,1-9H3. The first-order valence-electron chi connectivity index (χ1n) is 21.3. The zero-order valence-electron chi connectivity index (χ0n) is 32.1. The molecule has 16 atom stereocenters. The molecule has 0 aliphatic heterocycles. The number of rotatable bonds is 4. The van der Waals surface area contributed by atoms with Gasteiger partial charge in [-0.3, -0.25) is 4.79 Å². The van der Waals surface area contributed by atoms with Crippen LogP contribution in [0.3, 0.4) is 0 Å². The average molecular weight is 633 g/mol. The SMILES string of the molecule is CC(C)C1C(=O)C2(C)C(C)C3C(C)C4C(C)CCC(C5CCC(CC6CCCCC6)C6CCCCC65)C4CC3(C)CC2(C)CC1C. The van der Waals surface area contributed by atoms with Crippen LogP contribution in [0.15, 0.2) is 0 Å². The van der Waals surface area contributed by atoms with E-state index >= 15 is 0 Å². The van der Waals surface area contributed by atoms with E-state index in [9.17, 15) is 4.79 Å². The number of Topliss-reactive ketones (excluding diaryl/α,β-unsaturated/α-hetero) is 1. The molecular formula is C45H76O. The lowest BCUT2D eigenvalue weighted by Gasteiger charge is -2.71. The molecular weight excluding hydrogens is 556 g/mol. The largest absolute Gasteiger partial charge is 0.299 e. The lowest BCUT2D eigenvalue weighted by atomic mass is 9.33. The molecule has 0 aromatic carbocycles. The summed E-state index contributed by atoms with van der Waals surface area (Å²) >= 11 is 0. The zero-order chi connectivity index (χ0) is 32.8. The highest BCUT2D eigenvalue weighted by molar-refractivity contribution is 5.89. The molecule has 0 amide bonds. The van der Waals surface area contributed by atoms with Gasteiger partial charge < -0.3 is 0 Å². The van der Waals surface area contributed by atoms with Crippen LogP contribution in [-0.2, 0) is 4.79 Å². The van der Waals surface area contributed by atoms with Crippen molar-refractivity contribution in [1.82, 2.24) is 0 Å². The summed E-state index contributed by atoms with van der Waals surface area (Å²) < 4.78 is 0. The Labute approximate surface area is 286 Å². The minimum Gasteiger partial charge on any atom is -0.299 e. The van der Waals surface area contributed by atoms with Gasteiger partial charge in [0.15, 0.2) is 0 Å². The number of hydrogen-bond acceptors (Lipinski definition) is 1. The van der Waals surface area contributed by atoms with E-state index in [1.165, 1.54) is 77.0 Å². The van der Waals surface area contributed by atoms with Gasteiger partial charge in [0.1, 0.15) is 5.78 Å². The van der Waals surface area contributed by atoms with Crippen molar-refractivity contribution in [3.63, 3.8) is 0 Å². The molecule has 0 saturated heterocycles. The Kier molecular flexibility index (Phi) is 9.25. The average Bonchev–Trinajstić information content (AvgIpc) is 3.00. The van der Waals surface area contributed by atoms with Crippen molar-refractivity contribution in [2.24, 2.45) is 105 Å². The zero-order valence-corrected chi connectivity index (χ0v) is 32.1. The quantitative estimate of drug-likeness (QED) is 0.301. The van der Waals surface area contributed by atoms with Gasteiger partial charge in [-0.25, -0.2) is 0 Å². The van der Waals surface area contributed by atoms with Crippen LogP contribution in [0.5, 0.6) is 0 Å². The predicted molar refractivity (Wildman–Crippen MR) is 194 cm³/mol. The summed E-state index contributed by atoms with van der Waals surface area (Å²) in [5, 5.41) is 0. The summed E-state index contributed by atoms with van der Waals surface area (Å²) in [4.78, 5) is 14.7. The van der Waals surface area contributed by atoms with Crippen molar-refractivity contribution in [3.05, 3.63) is 0 Å². The lowest BCUT2D eigenvalue weighted by molar-refractivity contribution is -0.223. The van der Waals surface area contributed by atoms with Crippen LogP contribution in [0.2, 0.25) is 0 Å². The van der Waals surface area contributed by atoms with E-state index in [4.69, 9.17) is 0 Å². The molecule has 0 aromatic rings. The first-order valence-corrected chi connectivity index (χ1v) is 21.3.